The Morgan fingerprint density at radius 2 is 2.07 bits per heavy atom. The average molecular weight is 426 g/mol. The number of hydrogen-bond donors (Lipinski definition) is 1. The minimum Gasteiger partial charge on any atom is -0.497 e. The average Bonchev–Trinajstić information content (AvgIpc) is 3.25. The lowest BCUT2D eigenvalue weighted by molar-refractivity contribution is 0.414. The third-order valence-corrected chi connectivity index (χ3v) is 6.37. The summed E-state index contributed by atoms with van der Waals surface area (Å²) in [6.45, 7) is 2.72. The van der Waals surface area contributed by atoms with Crippen molar-refractivity contribution in [3.63, 3.8) is 0 Å². The zero-order valence-electron chi connectivity index (χ0n) is 15.5. The zero-order valence-corrected chi connectivity index (χ0v) is 18.0. The molecule has 0 fully saturated rings. The Balaban J connectivity index is 1.63. The highest BCUT2D eigenvalue weighted by Crippen LogP contribution is 2.48. The van der Waals surface area contributed by atoms with Crippen LogP contribution in [0, 0.1) is 6.92 Å². The number of nitrogens with one attached hydrogen (secondary N) is 1. The quantitative estimate of drug-likeness (QED) is 0.408. The molecule has 4 nitrogen and oxygen atoms in total. The lowest BCUT2D eigenvalue weighted by Crippen LogP contribution is -2.19. The number of methoxy groups -OCH3 is 1. The lowest BCUT2D eigenvalue weighted by Gasteiger charge is -2.20. The van der Waals surface area contributed by atoms with E-state index in [1.807, 2.05) is 49.4 Å². The van der Waals surface area contributed by atoms with E-state index in [1.54, 1.807) is 30.2 Å². The van der Waals surface area contributed by atoms with Crippen LogP contribution in [0.5, 0.6) is 5.75 Å². The van der Waals surface area contributed by atoms with E-state index in [0.29, 0.717) is 11.5 Å². The second-order valence-electron chi connectivity index (χ2n) is 6.22. The fourth-order valence-corrected chi connectivity index (χ4v) is 4.93. The van der Waals surface area contributed by atoms with Crippen molar-refractivity contribution in [2.45, 2.75) is 18.4 Å². The van der Waals surface area contributed by atoms with Crippen LogP contribution < -0.4 is 15.0 Å². The van der Waals surface area contributed by atoms with E-state index in [9.17, 15) is 0 Å². The molecular weight excluding hydrogens is 406 g/mol. The van der Waals surface area contributed by atoms with E-state index in [2.05, 4.69) is 32.7 Å². The van der Waals surface area contributed by atoms with Crippen LogP contribution in [-0.4, -0.2) is 17.1 Å². The van der Waals surface area contributed by atoms with Crippen molar-refractivity contribution in [3.05, 3.63) is 75.7 Å². The van der Waals surface area contributed by atoms with Crippen LogP contribution in [0.3, 0.4) is 0 Å². The van der Waals surface area contributed by atoms with Gasteiger partial charge < -0.3 is 15.0 Å². The molecule has 0 radical (unpaired) electrons. The molecule has 0 saturated carbocycles. The highest BCUT2D eigenvalue weighted by atomic mass is 32.2. The third-order valence-electron chi connectivity index (χ3n) is 4.22. The Hall–Kier alpha value is -2.35. The van der Waals surface area contributed by atoms with E-state index in [1.165, 1.54) is 4.90 Å². The fourth-order valence-electron chi connectivity index (χ4n) is 2.93. The molecule has 1 aliphatic rings. The monoisotopic (exact) mass is 425 g/mol. The number of hydrogen-bond acceptors (Lipinski definition) is 6. The van der Waals surface area contributed by atoms with Crippen molar-refractivity contribution < 1.29 is 4.74 Å². The molecule has 142 valence electrons. The molecule has 0 aliphatic carbocycles. The van der Waals surface area contributed by atoms with Gasteiger partial charge in [-0.3, -0.25) is 0 Å². The largest absolute Gasteiger partial charge is 0.497 e. The van der Waals surface area contributed by atoms with Crippen LogP contribution in [0.2, 0.25) is 0 Å². The van der Waals surface area contributed by atoms with Crippen molar-refractivity contribution in [2.24, 2.45) is 0 Å². The molecule has 0 atom stereocenters. The van der Waals surface area contributed by atoms with Crippen molar-refractivity contribution in [3.8, 4) is 5.75 Å². The first kappa shape index (κ1) is 19.0. The van der Waals surface area contributed by atoms with E-state index < -0.39 is 0 Å². The topological polar surface area (TPSA) is 37.4 Å². The van der Waals surface area contributed by atoms with Gasteiger partial charge in [0.2, 0.25) is 0 Å². The molecule has 3 aromatic rings. The second kappa shape index (κ2) is 8.34. The highest BCUT2D eigenvalue weighted by molar-refractivity contribution is 8.03. The maximum atomic E-state index is 5.59. The number of aromatic nitrogens is 1. The molecule has 28 heavy (non-hydrogen) atoms. The van der Waals surface area contributed by atoms with Gasteiger partial charge in [0.1, 0.15) is 10.7 Å². The smallest absolute Gasteiger partial charge is 0.121 e. The van der Waals surface area contributed by atoms with Gasteiger partial charge in [0.25, 0.3) is 0 Å². The molecule has 0 unspecified atom stereocenters. The van der Waals surface area contributed by atoms with E-state index in [4.69, 9.17) is 17.0 Å². The first-order chi connectivity index (χ1) is 13.6. The van der Waals surface area contributed by atoms with Gasteiger partial charge in [0, 0.05) is 28.1 Å². The Labute approximate surface area is 178 Å². The molecule has 0 amide bonds. The van der Waals surface area contributed by atoms with Gasteiger partial charge in [-0.2, -0.15) is 0 Å². The van der Waals surface area contributed by atoms with Gasteiger partial charge in [-0.15, -0.1) is 11.3 Å². The van der Waals surface area contributed by atoms with Gasteiger partial charge in [0.15, 0.2) is 0 Å². The van der Waals surface area contributed by atoms with Crippen molar-refractivity contribution in [1.82, 2.24) is 4.98 Å². The third kappa shape index (κ3) is 4.22. The number of rotatable bonds is 5. The number of para-hydroxylation sites is 1. The molecular formula is C21H19N3OS3. The molecule has 1 N–H and O–H groups in total. The molecule has 7 heteroatoms. The van der Waals surface area contributed by atoms with Crippen LogP contribution in [0.1, 0.15) is 10.7 Å². The Morgan fingerprint density at radius 1 is 1.25 bits per heavy atom. The molecule has 0 saturated heterocycles. The highest BCUT2D eigenvalue weighted by Gasteiger charge is 2.27. The Bertz CT molecular complexity index is 1030. The molecule has 4 rings (SSSR count). The first-order valence-corrected chi connectivity index (χ1v) is 10.8. The summed E-state index contributed by atoms with van der Waals surface area (Å²) in [5, 5.41) is 7.53. The standard InChI is InChI=1S/C21H19N3OS3/c1-14-22-16(13-27-14)12-24-18-10-17(25-2)8-9-19(18)28-21(24)11-20(26)23-15-6-4-3-5-7-15/h3-11,13H,12H2,1-2H3,(H,23,26). The van der Waals surface area contributed by atoms with Gasteiger partial charge in [-0.1, -0.05) is 42.2 Å². The number of thiazole rings is 1. The fraction of sp³-hybridized carbons (Fsp3) is 0.143. The number of thioether (sulfide) groups is 1. The maximum Gasteiger partial charge on any atom is 0.121 e. The van der Waals surface area contributed by atoms with E-state index >= 15 is 0 Å². The number of ether oxygens (including phenoxy) is 1. The normalized spacial score (nSPS) is 14.2. The van der Waals surface area contributed by atoms with Crippen LogP contribution in [0.25, 0.3) is 0 Å². The molecule has 0 spiro atoms. The van der Waals surface area contributed by atoms with Gasteiger partial charge in [0.05, 0.1) is 35.1 Å². The van der Waals surface area contributed by atoms with Gasteiger partial charge in [-0.05, 0) is 31.2 Å². The lowest BCUT2D eigenvalue weighted by atomic mass is 10.2. The second-order valence-corrected chi connectivity index (χ2v) is 8.78. The van der Waals surface area contributed by atoms with Gasteiger partial charge >= 0.3 is 0 Å². The molecule has 1 aliphatic heterocycles. The molecule has 1 aromatic heterocycles. The SMILES string of the molecule is COc1ccc2c(c1)N(Cc1csc(C)n1)C(=CC(=S)Nc1ccccc1)S2. The van der Waals surface area contributed by atoms with Crippen LogP contribution in [0.15, 0.2) is 69.9 Å². The minimum absolute atomic E-state index is 0.674. The number of nitrogens with zero attached hydrogens (tertiary/aromatic N) is 2. The summed E-state index contributed by atoms with van der Waals surface area (Å²) in [6, 6.07) is 16.1. The van der Waals surface area contributed by atoms with Crippen molar-refractivity contribution in [2.75, 3.05) is 17.3 Å². The van der Waals surface area contributed by atoms with Gasteiger partial charge in [-0.25, -0.2) is 4.98 Å². The van der Waals surface area contributed by atoms with E-state index in [-0.39, 0.29) is 0 Å². The van der Waals surface area contributed by atoms with Crippen LogP contribution >= 0.6 is 35.3 Å². The summed E-state index contributed by atoms with van der Waals surface area (Å²) in [5.74, 6) is 0.838. The Morgan fingerprint density at radius 3 is 2.79 bits per heavy atom. The van der Waals surface area contributed by atoms with E-state index in [0.717, 1.165) is 32.9 Å². The zero-order chi connectivity index (χ0) is 19.5. The summed E-state index contributed by atoms with van der Waals surface area (Å²) >= 11 is 8.96. The maximum absolute atomic E-state index is 5.59. The number of aryl methyl sites for hydroxylation is 1. The van der Waals surface area contributed by atoms with Crippen LogP contribution in [0.4, 0.5) is 11.4 Å². The van der Waals surface area contributed by atoms with Crippen molar-refractivity contribution >= 4 is 51.7 Å². The molecule has 0 bridgehead atoms. The summed E-state index contributed by atoms with van der Waals surface area (Å²) < 4.78 is 5.43. The number of thiocarbonyl (C=S) groups is 1. The minimum atomic E-state index is 0.674. The number of benzene rings is 2. The summed E-state index contributed by atoms with van der Waals surface area (Å²) in [4.78, 5) is 8.73. The van der Waals surface area contributed by atoms with Crippen molar-refractivity contribution in [1.29, 1.82) is 0 Å². The summed E-state index contributed by atoms with van der Waals surface area (Å²) in [6.07, 6.45) is 2.01. The molecule has 2 heterocycles. The summed E-state index contributed by atoms with van der Waals surface area (Å²) in [7, 11) is 1.69. The number of anilines is 2. The predicted octanol–water partition coefficient (Wildman–Crippen LogP) is 5.85. The predicted molar refractivity (Wildman–Crippen MR) is 123 cm³/mol. The summed E-state index contributed by atoms with van der Waals surface area (Å²) in [5.41, 5.74) is 3.14. The number of fused-ring (bicyclic) bond motifs is 1. The first-order valence-electron chi connectivity index (χ1n) is 8.74. The van der Waals surface area contributed by atoms with Crippen LogP contribution in [-0.2, 0) is 6.54 Å². The molecule has 2 aromatic carbocycles. The Kier molecular flexibility index (Phi) is 5.66.